The number of aromatic nitrogens is 3. The maximum absolute atomic E-state index is 12.5. The van der Waals surface area contributed by atoms with E-state index in [2.05, 4.69) is 26.7 Å². The Morgan fingerprint density at radius 1 is 1.40 bits per heavy atom. The van der Waals surface area contributed by atoms with E-state index in [4.69, 9.17) is 0 Å². The third-order valence-corrected chi connectivity index (χ3v) is 5.44. The Morgan fingerprint density at radius 2 is 2.20 bits per heavy atom. The summed E-state index contributed by atoms with van der Waals surface area (Å²) in [7, 11) is 0. The van der Waals surface area contributed by atoms with Crippen molar-refractivity contribution in [2.45, 2.75) is 38.9 Å². The van der Waals surface area contributed by atoms with Crippen molar-refractivity contribution in [2.24, 2.45) is 11.8 Å². The van der Waals surface area contributed by atoms with E-state index >= 15 is 0 Å². The fourth-order valence-corrected chi connectivity index (χ4v) is 4.14. The van der Waals surface area contributed by atoms with Gasteiger partial charge >= 0.3 is 0 Å². The molecule has 9 nitrogen and oxygen atoms in total. The fourth-order valence-electron chi connectivity index (χ4n) is 4.14. The molecule has 0 aliphatic carbocycles. The third-order valence-electron chi connectivity index (χ3n) is 5.44. The van der Waals surface area contributed by atoms with Gasteiger partial charge in [-0.15, -0.1) is 5.10 Å². The molecule has 9 heteroatoms. The first kappa shape index (κ1) is 17.8. The second kappa shape index (κ2) is 7.92. The number of nitrogens with zero attached hydrogens (tertiary/aromatic N) is 3. The van der Waals surface area contributed by atoms with Crippen LogP contribution in [0.2, 0.25) is 0 Å². The number of carbonyl (C=O) groups excluding carboxylic acids is 2. The number of hydrogen-bond acceptors (Lipinski definition) is 4. The molecular weight excluding hydrogens is 322 g/mol. The van der Waals surface area contributed by atoms with E-state index in [1.807, 2.05) is 10.9 Å². The number of hydrogen-bond donors (Lipinski definition) is 4. The van der Waals surface area contributed by atoms with Crippen molar-refractivity contribution in [3.8, 4) is 0 Å². The predicted molar refractivity (Wildman–Crippen MR) is 89.0 cm³/mol. The van der Waals surface area contributed by atoms with E-state index in [0.717, 1.165) is 38.2 Å². The van der Waals surface area contributed by atoms with Crippen LogP contribution in [-0.2, 0) is 22.7 Å². The topological polar surface area (TPSA) is 121 Å². The van der Waals surface area contributed by atoms with Gasteiger partial charge in [-0.3, -0.25) is 9.59 Å². The average Bonchev–Trinajstić information content (AvgIpc) is 3.06. The Bertz CT molecular complexity index is 617. The van der Waals surface area contributed by atoms with Crippen LogP contribution in [0.1, 0.15) is 25.5 Å². The molecule has 0 radical (unpaired) electrons. The normalized spacial score (nSPS) is 27.9. The van der Waals surface area contributed by atoms with E-state index in [-0.39, 0.29) is 17.7 Å². The highest BCUT2D eigenvalue weighted by Gasteiger charge is 2.46. The van der Waals surface area contributed by atoms with Gasteiger partial charge in [-0.25, -0.2) is 4.68 Å². The quantitative estimate of drug-likeness (QED) is 0.382. The van der Waals surface area contributed by atoms with Crippen LogP contribution in [0.25, 0.3) is 0 Å². The molecule has 4 heterocycles. The number of rotatable bonds is 7. The number of fused-ring (bicyclic) bond motifs is 3. The van der Waals surface area contributed by atoms with E-state index < -0.39 is 0 Å². The first-order valence-electron chi connectivity index (χ1n) is 9.11. The van der Waals surface area contributed by atoms with Crippen LogP contribution in [-0.4, -0.2) is 59.0 Å². The number of amides is 2. The highest BCUT2D eigenvalue weighted by atomic mass is 16.2. The van der Waals surface area contributed by atoms with E-state index in [0.29, 0.717) is 31.6 Å². The predicted octanol–water partition coefficient (Wildman–Crippen LogP) is -3.43. The minimum Gasteiger partial charge on any atom is -0.355 e. The van der Waals surface area contributed by atoms with Crippen molar-refractivity contribution >= 4 is 11.8 Å². The van der Waals surface area contributed by atoms with Gasteiger partial charge in [0.05, 0.1) is 31.7 Å². The summed E-state index contributed by atoms with van der Waals surface area (Å²) < 4.78 is 1.92. The van der Waals surface area contributed by atoms with Crippen LogP contribution in [0, 0.1) is 11.8 Å². The van der Waals surface area contributed by atoms with Gasteiger partial charge in [-0.2, -0.15) is 0 Å². The van der Waals surface area contributed by atoms with Crippen molar-refractivity contribution in [1.82, 2.24) is 25.6 Å². The van der Waals surface area contributed by atoms with Gasteiger partial charge in [-0.05, 0) is 5.92 Å². The van der Waals surface area contributed by atoms with E-state index in [1.165, 1.54) is 11.8 Å². The Morgan fingerprint density at radius 3 is 2.84 bits per heavy atom. The van der Waals surface area contributed by atoms with Crippen molar-refractivity contribution in [3.63, 3.8) is 0 Å². The summed E-state index contributed by atoms with van der Waals surface area (Å²) in [5.74, 6) is 0.591. The van der Waals surface area contributed by atoms with Gasteiger partial charge in [-0.1, -0.05) is 5.21 Å². The standard InChI is InChI=1S/C16H27N7O2/c1-11(24)18-3-4-19-16(25)15-10-22-5-2-12(15)6-14(22)9-23-8-13(7-17)20-21-23/h8,12,14-15H,2-7,9-10,17H2,1H3,(H,18,24)(H,19,25)/p+2/t12-,14+,15-/m0/s1. The Kier molecular flexibility index (Phi) is 5.64. The lowest BCUT2D eigenvalue weighted by molar-refractivity contribution is -0.945. The summed E-state index contributed by atoms with van der Waals surface area (Å²) in [6, 6.07) is 0.501. The minimum atomic E-state index is -0.0699. The van der Waals surface area contributed by atoms with E-state index in [1.54, 1.807) is 0 Å². The molecule has 0 saturated carbocycles. The Labute approximate surface area is 147 Å². The lowest BCUT2D eigenvalue weighted by atomic mass is 9.75. The molecule has 1 unspecified atom stereocenters. The maximum Gasteiger partial charge on any atom is 0.229 e. The van der Waals surface area contributed by atoms with Crippen LogP contribution < -0.4 is 21.3 Å². The van der Waals surface area contributed by atoms with Gasteiger partial charge in [0.25, 0.3) is 0 Å². The molecular formula is C16H29N7O2+2. The molecule has 138 valence electrons. The van der Waals surface area contributed by atoms with Gasteiger partial charge < -0.3 is 21.3 Å². The maximum atomic E-state index is 12.5. The number of carbonyl (C=O) groups is 2. The van der Waals surface area contributed by atoms with Gasteiger partial charge in [0.2, 0.25) is 11.8 Å². The number of quaternary nitrogens is 2. The van der Waals surface area contributed by atoms with Gasteiger partial charge in [0, 0.05) is 32.9 Å². The zero-order chi connectivity index (χ0) is 17.8. The lowest BCUT2D eigenvalue weighted by Gasteiger charge is -2.46. The summed E-state index contributed by atoms with van der Waals surface area (Å²) in [5.41, 5.74) is 4.75. The average molecular weight is 351 g/mol. The molecule has 3 fully saturated rings. The van der Waals surface area contributed by atoms with Crippen molar-refractivity contribution in [2.75, 3.05) is 26.2 Å². The SMILES string of the molecule is CC(=O)NCCNC(=O)[C@H]1C[NH+]2CC[C@H]1C[C@@H]2Cn1cc(C[NH3+])nn1. The Hall–Kier alpha value is -2.00. The summed E-state index contributed by atoms with van der Waals surface area (Å²) in [5, 5.41) is 14.0. The van der Waals surface area contributed by atoms with Crippen LogP contribution in [0.4, 0.5) is 0 Å². The fraction of sp³-hybridized carbons (Fsp3) is 0.750. The van der Waals surface area contributed by atoms with Crippen LogP contribution in [0.15, 0.2) is 6.20 Å². The highest BCUT2D eigenvalue weighted by molar-refractivity contribution is 5.79. The summed E-state index contributed by atoms with van der Waals surface area (Å²) in [4.78, 5) is 24.8. The molecule has 3 saturated heterocycles. The van der Waals surface area contributed by atoms with E-state index in [9.17, 15) is 9.59 Å². The van der Waals surface area contributed by atoms with Crippen LogP contribution in [0.5, 0.6) is 0 Å². The molecule has 4 rings (SSSR count). The second-order valence-corrected chi connectivity index (χ2v) is 7.16. The molecule has 3 aliphatic heterocycles. The summed E-state index contributed by atoms with van der Waals surface area (Å²) in [6.07, 6.45) is 4.14. The molecule has 25 heavy (non-hydrogen) atoms. The van der Waals surface area contributed by atoms with Crippen molar-refractivity contribution < 1.29 is 20.2 Å². The molecule has 2 amide bonds. The minimum absolute atomic E-state index is 0.0699. The largest absolute Gasteiger partial charge is 0.355 e. The first-order chi connectivity index (χ1) is 12.1. The molecule has 6 N–H and O–H groups in total. The van der Waals surface area contributed by atoms with Gasteiger partial charge in [0.15, 0.2) is 0 Å². The van der Waals surface area contributed by atoms with Crippen molar-refractivity contribution in [1.29, 1.82) is 0 Å². The zero-order valence-corrected chi connectivity index (χ0v) is 14.8. The molecule has 1 aromatic heterocycles. The first-order valence-corrected chi connectivity index (χ1v) is 9.11. The second-order valence-electron chi connectivity index (χ2n) is 7.16. The number of nitrogens with one attached hydrogen (secondary N) is 3. The summed E-state index contributed by atoms with van der Waals surface area (Å²) >= 11 is 0. The Balaban J connectivity index is 1.49. The lowest BCUT2D eigenvalue weighted by Crippen LogP contribution is -3.20. The van der Waals surface area contributed by atoms with Gasteiger partial charge in [0.1, 0.15) is 18.3 Å². The van der Waals surface area contributed by atoms with Crippen molar-refractivity contribution in [3.05, 3.63) is 11.9 Å². The van der Waals surface area contributed by atoms with Crippen LogP contribution >= 0.6 is 0 Å². The number of piperidine rings is 3. The molecule has 4 atom stereocenters. The summed E-state index contributed by atoms with van der Waals surface area (Å²) in [6.45, 7) is 5.99. The smallest absolute Gasteiger partial charge is 0.229 e. The molecule has 0 spiro atoms. The monoisotopic (exact) mass is 351 g/mol. The zero-order valence-electron chi connectivity index (χ0n) is 14.8. The highest BCUT2D eigenvalue weighted by Crippen LogP contribution is 2.27. The molecule has 3 aliphatic rings. The molecule has 1 aromatic rings. The van der Waals surface area contributed by atoms with Crippen LogP contribution in [0.3, 0.4) is 0 Å². The molecule has 0 aromatic carbocycles. The molecule has 2 bridgehead atoms. The third kappa shape index (κ3) is 4.35.